The van der Waals surface area contributed by atoms with Gasteiger partial charge in [0.2, 0.25) is 0 Å². The van der Waals surface area contributed by atoms with E-state index in [0.717, 1.165) is 62.0 Å². The van der Waals surface area contributed by atoms with E-state index in [2.05, 4.69) is 32.1 Å². The number of piperidine rings is 3. The number of nitrogens with zero attached hydrogens (tertiary/aromatic N) is 3. The van der Waals surface area contributed by atoms with Gasteiger partial charge < -0.3 is 9.64 Å². The van der Waals surface area contributed by atoms with Gasteiger partial charge >= 0.3 is 0 Å². The third-order valence-electron chi connectivity index (χ3n) is 8.71. The molecule has 3 fully saturated rings. The molecule has 1 aromatic heterocycles. The van der Waals surface area contributed by atoms with E-state index in [1.54, 1.807) is 0 Å². The highest BCUT2D eigenvalue weighted by Crippen LogP contribution is 2.45. The molecule has 6 nitrogen and oxygen atoms in total. The smallest absolute Gasteiger partial charge is 0.272 e. The zero-order chi connectivity index (χ0) is 21.9. The first-order valence-corrected chi connectivity index (χ1v) is 12.8. The number of carbonyl (C=O) groups excluding carboxylic acids is 1. The first-order valence-electron chi connectivity index (χ1n) is 12.8. The quantitative estimate of drug-likeness (QED) is 0.710. The average molecular weight is 445 g/mol. The van der Waals surface area contributed by atoms with Crippen LogP contribution in [0.1, 0.15) is 54.6 Å². The summed E-state index contributed by atoms with van der Waals surface area (Å²) in [6, 6.07) is 9.13. The fourth-order valence-corrected chi connectivity index (χ4v) is 7.28. The van der Waals surface area contributed by atoms with Crippen LogP contribution in [0.25, 0.3) is 11.3 Å². The Labute approximate surface area is 195 Å². The normalized spacial score (nSPS) is 30.7. The molecule has 1 aromatic carbocycles. The van der Waals surface area contributed by atoms with Crippen LogP contribution in [-0.2, 0) is 6.42 Å². The van der Waals surface area contributed by atoms with E-state index >= 15 is 0 Å². The van der Waals surface area contributed by atoms with Gasteiger partial charge in [0.1, 0.15) is 11.4 Å². The zero-order valence-corrected chi connectivity index (χ0v) is 19.1. The number of H-pyrrole nitrogens is 1. The largest absolute Gasteiger partial charge is 0.493 e. The van der Waals surface area contributed by atoms with E-state index in [1.807, 2.05) is 18.2 Å². The average Bonchev–Trinajstić information content (AvgIpc) is 3.53. The fraction of sp³-hybridized carbons (Fsp3) is 0.556. The fourth-order valence-electron chi connectivity index (χ4n) is 7.28. The van der Waals surface area contributed by atoms with Gasteiger partial charge in [0.05, 0.1) is 18.3 Å². The number of hydrogen-bond acceptors (Lipinski definition) is 4. The van der Waals surface area contributed by atoms with Crippen molar-refractivity contribution < 1.29 is 9.53 Å². The Morgan fingerprint density at radius 3 is 3.06 bits per heavy atom. The van der Waals surface area contributed by atoms with Crippen molar-refractivity contribution in [3.63, 3.8) is 0 Å². The topological polar surface area (TPSA) is 61.5 Å². The summed E-state index contributed by atoms with van der Waals surface area (Å²) in [5, 5.41) is 7.58. The Balaban J connectivity index is 1.16. The molecule has 5 aliphatic rings. The van der Waals surface area contributed by atoms with Crippen molar-refractivity contribution in [1.29, 1.82) is 0 Å². The molecule has 5 heterocycles. The lowest BCUT2D eigenvalue weighted by atomic mass is 9.68. The van der Waals surface area contributed by atoms with Crippen LogP contribution in [0.3, 0.4) is 0 Å². The standard InChI is InChI=1S/C27H32N4O2/c32-27(23-15-22(28-29-23)17-6-7-25-18(12-17)8-11-33-25)31-10-3-4-19-13-20-14-21(26(19)31)16-30-9-2-1-5-24(20)30/h6-7,12-13,15,20-21,24,26H,1-5,8-11,14,16H2,(H,28,29). The van der Waals surface area contributed by atoms with Crippen molar-refractivity contribution in [1.82, 2.24) is 20.0 Å². The van der Waals surface area contributed by atoms with E-state index in [4.69, 9.17) is 4.74 Å². The number of aromatic nitrogens is 2. The van der Waals surface area contributed by atoms with Gasteiger partial charge in [-0.05, 0) is 80.3 Å². The maximum Gasteiger partial charge on any atom is 0.272 e. The van der Waals surface area contributed by atoms with Gasteiger partial charge in [0.25, 0.3) is 5.91 Å². The molecule has 3 saturated heterocycles. The van der Waals surface area contributed by atoms with E-state index < -0.39 is 0 Å². The minimum atomic E-state index is 0.105. The van der Waals surface area contributed by atoms with Crippen molar-refractivity contribution >= 4 is 5.91 Å². The number of benzene rings is 1. The van der Waals surface area contributed by atoms with Gasteiger partial charge in [0.15, 0.2) is 0 Å². The van der Waals surface area contributed by atoms with Gasteiger partial charge in [-0.1, -0.05) is 18.1 Å². The van der Waals surface area contributed by atoms with Crippen LogP contribution in [0.5, 0.6) is 5.75 Å². The van der Waals surface area contributed by atoms with Gasteiger partial charge in [-0.15, -0.1) is 0 Å². The number of rotatable bonds is 2. The third-order valence-corrected chi connectivity index (χ3v) is 8.71. The Kier molecular flexibility index (Phi) is 4.64. The second-order valence-electron chi connectivity index (χ2n) is 10.6. The second-order valence-corrected chi connectivity index (χ2v) is 10.6. The molecule has 0 radical (unpaired) electrons. The minimum absolute atomic E-state index is 0.105. The predicted molar refractivity (Wildman–Crippen MR) is 126 cm³/mol. The van der Waals surface area contributed by atoms with E-state index in [9.17, 15) is 4.79 Å². The Bertz CT molecular complexity index is 1120. The molecule has 6 heteroatoms. The summed E-state index contributed by atoms with van der Waals surface area (Å²) in [5.41, 5.74) is 5.23. The molecular weight excluding hydrogens is 412 g/mol. The van der Waals surface area contributed by atoms with Crippen LogP contribution in [-0.4, -0.2) is 64.2 Å². The molecule has 7 rings (SSSR count). The van der Waals surface area contributed by atoms with Crippen molar-refractivity contribution in [2.24, 2.45) is 11.8 Å². The number of fused-ring (bicyclic) bond motifs is 7. The van der Waals surface area contributed by atoms with Crippen LogP contribution in [0.4, 0.5) is 0 Å². The monoisotopic (exact) mass is 444 g/mol. The highest BCUT2D eigenvalue weighted by Gasteiger charge is 2.47. The van der Waals surface area contributed by atoms with Gasteiger partial charge in [-0.2, -0.15) is 5.10 Å². The highest BCUT2D eigenvalue weighted by atomic mass is 16.5. The molecule has 4 aliphatic heterocycles. The molecule has 33 heavy (non-hydrogen) atoms. The van der Waals surface area contributed by atoms with Crippen molar-refractivity contribution in [2.45, 2.75) is 57.0 Å². The lowest BCUT2D eigenvalue weighted by Crippen LogP contribution is -2.60. The van der Waals surface area contributed by atoms with E-state index in [-0.39, 0.29) is 11.9 Å². The highest BCUT2D eigenvalue weighted by molar-refractivity contribution is 5.94. The summed E-state index contributed by atoms with van der Waals surface area (Å²) in [6.07, 6.45) is 11.0. The van der Waals surface area contributed by atoms with Crippen LogP contribution in [0.15, 0.2) is 35.9 Å². The van der Waals surface area contributed by atoms with Gasteiger partial charge in [-0.25, -0.2) is 0 Å². The molecule has 4 atom stereocenters. The van der Waals surface area contributed by atoms with Crippen LogP contribution >= 0.6 is 0 Å². The summed E-state index contributed by atoms with van der Waals surface area (Å²) < 4.78 is 5.63. The zero-order valence-electron chi connectivity index (χ0n) is 19.1. The number of aromatic amines is 1. The van der Waals surface area contributed by atoms with Gasteiger partial charge in [0, 0.05) is 31.1 Å². The summed E-state index contributed by atoms with van der Waals surface area (Å²) in [6.45, 7) is 3.97. The number of hydrogen-bond donors (Lipinski definition) is 1. The minimum Gasteiger partial charge on any atom is -0.493 e. The van der Waals surface area contributed by atoms with Crippen LogP contribution < -0.4 is 4.74 Å². The van der Waals surface area contributed by atoms with E-state index in [0.29, 0.717) is 17.5 Å². The molecule has 2 aromatic rings. The molecular formula is C27H32N4O2. The first kappa shape index (κ1) is 19.8. The van der Waals surface area contributed by atoms with Gasteiger partial charge in [-0.3, -0.25) is 14.8 Å². The number of nitrogens with one attached hydrogen (secondary N) is 1. The molecule has 0 saturated carbocycles. The summed E-state index contributed by atoms with van der Waals surface area (Å²) in [5.74, 6) is 2.32. The third kappa shape index (κ3) is 3.25. The summed E-state index contributed by atoms with van der Waals surface area (Å²) >= 11 is 0. The maximum absolute atomic E-state index is 13.7. The molecule has 1 N–H and O–H groups in total. The predicted octanol–water partition coefficient (Wildman–Crippen LogP) is 4.05. The molecule has 172 valence electrons. The molecule has 4 unspecified atom stereocenters. The number of amides is 1. The molecule has 1 aliphatic carbocycles. The SMILES string of the molecule is O=C(c1cc(-c2ccc3c(c2)CCO3)n[nH]1)N1CCCC2=CC3CC(CN4CCCCC34)C21. The lowest BCUT2D eigenvalue weighted by Gasteiger charge is -2.54. The molecule has 0 spiro atoms. The van der Waals surface area contributed by atoms with E-state index in [1.165, 1.54) is 43.4 Å². The number of carbonyl (C=O) groups is 1. The number of likely N-dealkylation sites (tertiary alicyclic amines) is 1. The van der Waals surface area contributed by atoms with Crippen molar-refractivity contribution in [3.05, 3.63) is 47.2 Å². The Morgan fingerprint density at radius 1 is 1.12 bits per heavy atom. The Morgan fingerprint density at radius 2 is 2.09 bits per heavy atom. The van der Waals surface area contributed by atoms with Crippen molar-refractivity contribution in [3.8, 4) is 17.0 Å². The summed E-state index contributed by atoms with van der Waals surface area (Å²) in [4.78, 5) is 18.6. The van der Waals surface area contributed by atoms with Crippen LogP contribution in [0, 0.1) is 11.8 Å². The maximum atomic E-state index is 13.7. The summed E-state index contributed by atoms with van der Waals surface area (Å²) in [7, 11) is 0. The molecule has 2 bridgehead atoms. The number of ether oxygens (including phenoxy) is 1. The lowest BCUT2D eigenvalue weighted by molar-refractivity contribution is 0.00131. The molecule has 1 amide bonds. The van der Waals surface area contributed by atoms with Crippen LogP contribution in [0.2, 0.25) is 0 Å². The van der Waals surface area contributed by atoms with Crippen molar-refractivity contribution in [2.75, 3.05) is 26.2 Å². The second kappa shape index (κ2) is 7.73. The Hall–Kier alpha value is -2.60. The first-order chi connectivity index (χ1) is 16.2.